The minimum atomic E-state index is 0.863. The molecule has 0 saturated heterocycles. The Morgan fingerprint density at radius 1 is 0.846 bits per heavy atom. The molecule has 1 atom stereocenters. The lowest BCUT2D eigenvalue weighted by atomic mass is 10.0. The highest BCUT2D eigenvalue weighted by molar-refractivity contribution is 9.09. The first-order valence-corrected chi connectivity index (χ1v) is 7.67. The Morgan fingerprint density at radius 3 is 1.92 bits per heavy atom. The molecule has 0 rings (SSSR count). The molecule has 0 heterocycles. The topological polar surface area (TPSA) is 0 Å². The van der Waals surface area contributed by atoms with E-state index >= 15 is 0 Å². The Kier molecular flexibility index (Phi) is 11.9. The van der Waals surface area contributed by atoms with Crippen molar-refractivity contribution in [2.75, 3.05) is 10.7 Å². The molecule has 13 heavy (non-hydrogen) atoms. The lowest BCUT2D eigenvalue weighted by molar-refractivity contribution is 0.521. The minimum Gasteiger partial charge on any atom is -0.0928 e. The molecule has 0 amide bonds. The van der Waals surface area contributed by atoms with E-state index in [0.717, 1.165) is 11.2 Å². The molecule has 0 aromatic rings. The highest BCUT2D eigenvalue weighted by atomic mass is 79.9. The van der Waals surface area contributed by atoms with Crippen molar-refractivity contribution in [3.05, 3.63) is 0 Å². The molecule has 0 aromatic carbocycles. The van der Waals surface area contributed by atoms with Crippen LogP contribution in [-0.2, 0) is 0 Å². The molecule has 1 unspecified atom stereocenters. The third-order valence-corrected chi connectivity index (χ3v) is 4.01. The molecule has 0 nitrogen and oxygen atoms in total. The van der Waals surface area contributed by atoms with Gasteiger partial charge in [0.05, 0.1) is 0 Å². The van der Waals surface area contributed by atoms with E-state index < -0.39 is 0 Å². The summed E-state index contributed by atoms with van der Waals surface area (Å²) in [5.41, 5.74) is 0. The SMILES string of the molecule is CC(CBr)CCCCCCCCBr. The van der Waals surface area contributed by atoms with Crippen LogP contribution >= 0.6 is 31.9 Å². The van der Waals surface area contributed by atoms with Gasteiger partial charge in [0, 0.05) is 10.7 Å². The molecule has 0 bridgehead atoms. The van der Waals surface area contributed by atoms with Crippen LogP contribution in [0.1, 0.15) is 51.9 Å². The van der Waals surface area contributed by atoms with Crippen LogP contribution in [-0.4, -0.2) is 10.7 Å². The Morgan fingerprint density at radius 2 is 1.38 bits per heavy atom. The van der Waals surface area contributed by atoms with E-state index in [1.165, 1.54) is 50.3 Å². The molecule has 0 saturated carbocycles. The summed E-state index contributed by atoms with van der Waals surface area (Å²) in [5.74, 6) is 0.863. The van der Waals surface area contributed by atoms with E-state index in [2.05, 4.69) is 38.8 Å². The lowest BCUT2D eigenvalue weighted by Gasteiger charge is -2.06. The zero-order valence-corrected chi connectivity index (χ0v) is 11.9. The molecule has 0 aliphatic rings. The first-order valence-electron chi connectivity index (χ1n) is 5.43. The highest BCUT2D eigenvalue weighted by Gasteiger charge is 1.98. The second-order valence-electron chi connectivity index (χ2n) is 3.86. The van der Waals surface area contributed by atoms with Gasteiger partial charge in [-0.15, -0.1) is 0 Å². The van der Waals surface area contributed by atoms with Gasteiger partial charge in [0.2, 0.25) is 0 Å². The summed E-state index contributed by atoms with van der Waals surface area (Å²) in [6, 6.07) is 0. The van der Waals surface area contributed by atoms with Gasteiger partial charge < -0.3 is 0 Å². The average Bonchev–Trinajstić information content (AvgIpc) is 2.16. The third-order valence-electron chi connectivity index (χ3n) is 2.34. The van der Waals surface area contributed by atoms with Gasteiger partial charge in [0.15, 0.2) is 0 Å². The summed E-state index contributed by atoms with van der Waals surface area (Å²) < 4.78 is 0. The van der Waals surface area contributed by atoms with Crippen molar-refractivity contribution in [2.24, 2.45) is 5.92 Å². The smallest absolute Gasteiger partial charge is 0.00570 e. The van der Waals surface area contributed by atoms with Gasteiger partial charge in [-0.05, 0) is 18.8 Å². The van der Waals surface area contributed by atoms with Gasteiger partial charge in [-0.3, -0.25) is 0 Å². The Labute approximate surface area is 100 Å². The molecule has 0 fully saturated rings. The number of halogens is 2. The second kappa shape index (κ2) is 11.0. The standard InChI is InChI=1S/C11H22Br2/c1-11(10-13)8-6-4-2-3-5-7-9-12/h11H,2-10H2,1H3. The van der Waals surface area contributed by atoms with E-state index in [9.17, 15) is 0 Å². The van der Waals surface area contributed by atoms with Gasteiger partial charge in [-0.2, -0.15) is 0 Å². The number of unbranched alkanes of at least 4 members (excludes halogenated alkanes) is 5. The van der Waals surface area contributed by atoms with Crippen LogP contribution in [0, 0.1) is 5.92 Å². The summed E-state index contributed by atoms with van der Waals surface area (Å²) in [5, 5.41) is 2.34. The van der Waals surface area contributed by atoms with Crippen LogP contribution in [0.3, 0.4) is 0 Å². The van der Waals surface area contributed by atoms with Crippen LogP contribution in [0.15, 0.2) is 0 Å². The fraction of sp³-hybridized carbons (Fsp3) is 1.00. The summed E-state index contributed by atoms with van der Waals surface area (Å²) in [6.45, 7) is 2.32. The van der Waals surface area contributed by atoms with E-state index in [1.807, 2.05) is 0 Å². The van der Waals surface area contributed by atoms with Crippen LogP contribution < -0.4 is 0 Å². The van der Waals surface area contributed by atoms with Crippen molar-refractivity contribution >= 4 is 31.9 Å². The quantitative estimate of drug-likeness (QED) is 0.408. The maximum atomic E-state index is 3.51. The fourth-order valence-corrected chi connectivity index (χ4v) is 2.09. The summed E-state index contributed by atoms with van der Waals surface area (Å²) >= 11 is 6.97. The lowest BCUT2D eigenvalue weighted by Crippen LogP contribution is -1.94. The van der Waals surface area contributed by atoms with Gasteiger partial charge in [-0.25, -0.2) is 0 Å². The second-order valence-corrected chi connectivity index (χ2v) is 5.30. The summed E-state index contributed by atoms with van der Waals surface area (Å²) in [6.07, 6.45) is 9.84. The van der Waals surface area contributed by atoms with Crippen LogP contribution in [0.25, 0.3) is 0 Å². The molecule has 80 valence electrons. The molecule has 0 radical (unpaired) electrons. The molecule has 2 heteroatoms. The van der Waals surface area contributed by atoms with Crippen molar-refractivity contribution in [2.45, 2.75) is 51.9 Å². The van der Waals surface area contributed by atoms with Crippen molar-refractivity contribution in [3.63, 3.8) is 0 Å². The minimum absolute atomic E-state index is 0.863. The van der Waals surface area contributed by atoms with Crippen LogP contribution in [0.2, 0.25) is 0 Å². The molecular weight excluding hydrogens is 292 g/mol. The van der Waals surface area contributed by atoms with Crippen molar-refractivity contribution in [1.29, 1.82) is 0 Å². The third kappa shape index (κ3) is 10.9. The van der Waals surface area contributed by atoms with Gasteiger partial charge >= 0.3 is 0 Å². The zero-order chi connectivity index (χ0) is 9.94. The number of alkyl halides is 2. The average molecular weight is 314 g/mol. The predicted octanol–water partition coefficient (Wildman–Crippen LogP) is 5.14. The van der Waals surface area contributed by atoms with E-state index in [1.54, 1.807) is 0 Å². The normalized spacial score (nSPS) is 13.2. The first kappa shape index (κ1) is 14.0. The number of hydrogen-bond donors (Lipinski definition) is 0. The van der Waals surface area contributed by atoms with Gasteiger partial charge in [0.1, 0.15) is 0 Å². The molecule has 0 spiro atoms. The molecule has 0 aromatic heterocycles. The maximum absolute atomic E-state index is 3.51. The molecular formula is C11H22Br2. The van der Waals surface area contributed by atoms with Gasteiger partial charge in [0.25, 0.3) is 0 Å². The fourth-order valence-electron chi connectivity index (χ4n) is 1.37. The largest absolute Gasteiger partial charge is 0.0928 e. The number of hydrogen-bond acceptors (Lipinski definition) is 0. The van der Waals surface area contributed by atoms with Crippen LogP contribution in [0.4, 0.5) is 0 Å². The van der Waals surface area contributed by atoms with Crippen LogP contribution in [0.5, 0.6) is 0 Å². The Bertz CT molecular complexity index is 94.1. The van der Waals surface area contributed by atoms with Gasteiger partial charge in [-0.1, -0.05) is 70.9 Å². The Balaban J connectivity index is 2.91. The Hall–Kier alpha value is 0.960. The predicted molar refractivity (Wildman–Crippen MR) is 69.1 cm³/mol. The number of rotatable bonds is 9. The molecule has 0 N–H and O–H groups in total. The molecule has 0 aliphatic carbocycles. The van der Waals surface area contributed by atoms with Crippen molar-refractivity contribution in [3.8, 4) is 0 Å². The van der Waals surface area contributed by atoms with Crippen molar-refractivity contribution < 1.29 is 0 Å². The van der Waals surface area contributed by atoms with E-state index in [4.69, 9.17) is 0 Å². The zero-order valence-electron chi connectivity index (χ0n) is 8.70. The van der Waals surface area contributed by atoms with Crippen molar-refractivity contribution in [1.82, 2.24) is 0 Å². The van der Waals surface area contributed by atoms with E-state index in [0.29, 0.717) is 0 Å². The first-order chi connectivity index (χ1) is 6.31. The molecule has 0 aliphatic heterocycles. The summed E-state index contributed by atoms with van der Waals surface area (Å²) in [4.78, 5) is 0. The highest BCUT2D eigenvalue weighted by Crippen LogP contribution is 2.13. The monoisotopic (exact) mass is 312 g/mol. The maximum Gasteiger partial charge on any atom is 0.00570 e. The van der Waals surface area contributed by atoms with E-state index in [-0.39, 0.29) is 0 Å². The summed E-state index contributed by atoms with van der Waals surface area (Å²) in [7, 11) is 0.